The van der Waals surface area contributed by atoms with E-state index in [1.807, 2.05) is 6.07 Å². The molecule has 0 saturated carbocycles. The molecule has 1 aliphatic heterocycles. The molecule has 1 fully saturated rings. The SMILES string of the molecule is CC1CCCCN1c1ccc([N+](=O)[O-])c(C#N)c1. The summed E-state index contributed by atoms with van der Waals surface area (Å²) in [6, 6.07) is 7.11. The Morgan fingerprint density at radius 2 is 2.28 bits per heavy atom. The van der Waals surface area contributed by atoms with Crippen molar-refractivity contribution in [1.29, 1.82) is 5.26 Å². The fourth-order valence-corrected chi connectivity index (χ4v) is 2.43. The van der Waals surface area contributed by atoms with Gasteiger partial charge < -0.3 is 4.90 Å². The second kappa shape index (κ2) is 5.05. The molecule has 1 heterocycles. The lowest BCUT2D eigenvalue weighted by Gasteiger charge is -2.35. The molecule has 5 heteroatoms. The predicted molar refractivity (Wildman–Crippen MR) is 68.5 cm³/mol. The first-order chi connectivity index (χ1) is 8.63. The average molecular weight is 245 g/mol. The van der Waals surface area contributed by atoms with Crippen LogP contribution in [0.15, 0.2) is 18.2 Å². The smallest absolute Gasteiger partial charge is 0.287 e. The Balaban J connectivity index is 2.35. The van der Waals surface area contributed by atoms with E-state index in [1.54, 1.807) is 12.1 Å². The monoisotopic (exact) mass is 245 g/mol. The van der Waals surface area contributed by atoms with Crippen LogP contribution >= 0.6 is 0 Å². The van der Waals surface area contributed by atoms with Gasteiger partial charge in [-0.2, -0.15) is 5.26 Å². The lowest BCUT2D eigenvalue weighted by Crippen LogP contribution is -2.37. The Morgan fingerprint density at radius 3 is 2.89 bits per heavy atom. The minimum absolute atomic E-state index is 0.120. The summed E-state index contributed by atoms with van der Waals surface area (Å²) >= 11 is 0. The van der Waals surface area contributed by atoms with Crippen molar-refractivity contribution in [2.24, 2.45) is 0 Å². The number of anilines is 1. The molecule has 0 aromatic heterocycles. The van der Waals surface area contributed by atoms with E-state index in [1.165, 1.54) is 12.5 Å². The van der Waals surface area contributed by atoms with Crippen LogP contribution in [-0.4, -0.2) is 17.5 Å². The van der Waals surface area contributed by atoms with Gasteiger partial charge in [0.1, 0.15) is 11.6 Å². The number of nitriles is 1. The maximum Gasteiger partial charge on any atom is 0.287 e. The van der Waals surface area contributed by atoms with E-state index in [9.17, 15) is 10.1 Å². The number of nitro groups is 1. The summed E-state index contributed by atoms with van der Waals surface area (Å²) in [6.07, 6.45) is 3.47. The number of nitrogens with zero attached hydrogens (tertiary/aromatic N) is 3. The zero-order chi connectivity index (χ0) is 13.1. The highest BCUT2D eigenvalue weighted by Crippen LogP contribution is 2.28. The van der Waals surface area contributed by atoms with Gasteiger partial charge in [0.25, 0.3) is 5.69 Å². The molecule has 0 aliphatic carbocycles. The van der Waals surface area contributed by atoms with E-state index in [-0.39, 0.29) is 11.3 Å². The Bertz CT molecular complexity index is 507. The van der Waals surface area contributed by atoms with Crippen molar-refractivity contribution >= 4 is 11.4 Å². The van der Waals surface area contributed by atoms with Crippen LogP contribution in [0.4, 0.5) is 11.4 Å². The standard InChI is InChI=1S/C13H15N3O2/c1-10-4-2-3-7-15(10)12-5-6-13(16(17)18)11(8-12)9-14/h5-6,8,10H,2-4,7H2,1H3. The highest BCUT2D eigenvalue weighted by molar-refractivity contribution is 5.60. The molecular weight excluding hydrogens is 230 g/mol. The van der Waals surface area contributed by atoms with Gasteiger partial charge in [-0.1, -0.05) is 0 Å². The molecular formula is C13H15N3O2. The van der Waals surface area contributed by atoms with Gasteiger partial charge in [0, 0.05) is 24.3 Å². The van der Waals surface area contributed by atoms with Gasteiger partial charge in [0.15, 0.2) is 0 Å². The predicted octanol–water partition coefficient (Wildman–Crippen LogP) is 2.85. The van der Waals surface area contributed by atoms with E-state index in [4.69, 9.17) is 5.26 Å². The number of hydrogen-bond acceptors (Lipinski definition) is 4. The van der Waals surface area contributed by atoms with Crippen LogP contribution in [-0.2, 0) is 0 Å². The van der Waals surface area contributed by atoms with Crippen LogP contribution in [0.25, 0.3) is 0 Å². The maximum absolute atomic E-state index is 10.8. The maximum atomic E-state index is 10.8. The van der Waals surface area contributed by atoms with Crippen molar-refractivity contribution in [2.45, 2.75) is 32.2 Å². The third-order valence-electron chi connectivity index (χ3n) is 3.43. The van der Waals surface area contributed by atoms with Crippen molar-refractivity contribution in [3.05, 3.63) is 33.9 Å². The normalized spacial score (nSPS) is 19.3. The first kappa shape index (κ1) is 12.4. The molecule has 0 amide bonds. The molecule has 0 spiro atoms. The van der Waals surface area contributed by atoms with Crippen LogP contribution in [0, 0.1) is 21.4 Å². The molecule has 1 aromatic carbocycles. The van der Waals surface area contributed by atoms with E-state index < -0.39 is 4.92 Å². The van der Waals surface area contributed by atoms with Crippen molar-refractivity contribution in [3.63, 3.8) is 0 Å². The molecule has 5 nitrogen and oxygen atoms in total. The second-order valence-corrected chi connectivity index (χ2v) is 4.61. The van der Waals surface area contributed by atoms with Crippen molar-refractivity contribution in [3.8, 4) is 6.07 Å². The molecule has 18 heavy (non-hydrogen) atoms. The Hall–Kier alpha value is -2.09. The third kappa shape index (κ3) is 2.28. The number of benzene rings is 1. The van der Waals surface area contributed by atoms with Gasteiger partial charge in [-0.15, -0.1) is 0 Å². The van der Waals surface area contributed by atoms with Gasteiger partial charge in [-0.3, -0.25) is 10.1 Å². The van der Waals surface area contributed by atoms with Gasteiger partial charge in [0.2, 0.25) is 0 Å². The quantitative estimate of drug-likeness (QED) is 0.593. The van der Waals surface area contributed by atoms with Crippen molar-refractivity contribution in [2.75, 3.05) is 11.4 Å². The van der Waals surface area contributed by atoms with E-state index in [0.29, 0.717) is 6.04 Å². The van der Waals surface area contributed by atoms with Crippen molar-refractivity contribution < 1.29 is 4.92 Å². The topological polar surface area (TPSA) is 70.2 Å². The van der Waals surface area contributed by atoms with Crippen LogP contribution in [0.3, 0.4) is 0 Å². The first-order valence-electron chi connectivity index (χ1n) is 6.08. The van der Waals surface area contributed by atoms with Gasteiger partial charge in [-0.25, -0.2) is 0 Å². The number of rotatable bonds is 2. The highest BCUT2D eigenvalue weighted by Gasteiger charge is 2.21. The molecule has 1 aromatic rings. The van der Waals surface area contributed by atoms with Crippen LogP contribution in [0.2, 0.25) is 0 Å². The summed E-state index contributed by atoms with van der Waals surface area (Å²) in [7, 11) is 0. The zero-order valence-corrected chi connectivity index (χ0v) is 10.3. The van der Waals surface area contributed by atoms with E-state index >= 15 is 0 Å². The second-order valence-electron chi connectivity index (χ2n) is 4.61. The average Bonchev–Trinajstić information content (AvgIpc) is 2.38. The summed E-state index contributed by atoms with van der Waals surface area (Å²) < 4.78 is 0. The molecule has 1 aliphatic rings. The molecule has 0 bridgehead atoms. The number of nitro benzene ring substituents is 1. The summed E-state index contributed by atoms with van der Waals surface area (Å²) in [5.41, 5.74) is 0.922. The molecule has 2 rings (SSSR count). The largest absolute Gasteiger partial charge is 0.369 e. The summed E-state index contributed by atoms with van der Waals surface area (Å²) in [6.45, 7) is 3.09. The molecule has 0 N–H and O–H groups in total. The lowest BCUT2D eigenvalue weighted by molar-refractivity contribution is -0.385. The molecule has 1 unspecified atom stereocenters. The first-order valence-corrected chi connectivity index (χ1v) is 6.08. The van der Waals surface area contributed by atoms with Crippen LogP contribution in [0.1, 0.15) is 31.7 Å². The van der Waals surface area contributed by atoms with E-state index in [2.05, 4.69) is 11.8 Å². The minimum Gasteiger partial charge on any atom is -0.369 e. The van der Waals surface area contributed by atoms with Crippen LogP contribution < -0.4 is 4.90 Å². The summed E-state index contributed by atoms with van der Waals surface area (Å²) in [5.74, 6) is 0. The molecule has 94 valence electrons. The van der Waals surface area contributed by atoms with Crippen molar-refractivity contribution in [1.82, 2.24) is 0 Å². The summed E-state index contributed by atoms with van der Waals surface area (Å²) in [4.78, 5) is 12.5. The third-order valence-corrected chi connectivity index (χ3v) is 3.43. The Labute approximate surface area is 106 Å². The van der Waals surface area contributed by atoms with E-state index in [0.717, 1.165) is 25.1 Å². The summed E-state index contributed by atoms with van der Waals surface area (Å²) in [5, 5.41) is 19.8. The van der Waals surface area contributed by atoms with Gasteiger partial charge in [-0.05, 0) is 38.3 Å². The number of piperidine rings is 1. The Morgan fingerprint density at radius 1 is 1.50 bits per heavy atom. The number of hydrogen-bond donors (Lipinski definition) is 0. The fraction of sp³-hybridized carbons (Fsp3) is 0.462. The lowest BCUT2D eigenvalue weighted by atomic mass is 10.0. The molecule has 1 saturated heterocycles. The molecule has 1 atom stereocenters. The van der Waals surface area contributed by atoms with Crippen LogP contribution in [0.5, 0.6) is 0 Å². The Kier molecular flexibility index (Phi) is 3.47. The zero-order valence-electron chi connectivity index (χ0n) is 10.3. The highest BCUT2D eigenvalue weighted by atomic mass is 16.6. The minimum atomic E-state index is -0.512. The van der Waals surface area contributed by atoms with Gasteiger partial charge >= 0.3 is 0 Å². The molecule has 0 radical (unpaired) electrons. The van der Waals surface area contributed by atoms with Gasteiger partial charge in [0.05, 0.1) is 4.92 Å². The fourth-order valence-electron chi connectivity index (χ4n) is 2.43.